The van der Waals surface area contributed by atoms with Crippen molar-refractivity contribution in [2.75, 3.05) is 24.5 Å². The molecule has 0 spiro atoms. The molecule has 2 aromatic heterocycles. The summed E-state index contributed by atoms with van der Waals surface area (Å²) in [5.41, 5.74) is 3.27. The molecule has 180 valence electrons. The van der Waals surface area contributed by atoms with Gasteiger partial charge in [0.15, 0.2) is 5.65 Å². The van der Waals surface area contributed by atoms with Crippen molar-refractivity contribution < 1.29 is 9.18 Å². The lowest BCUT2D eigenvalue weighted by molar-refractivity contribution is 0.0673. The van der Waals surface area contributed by atoms with Gasteiger partial charge in [-0.25, -0.2) is 13.8 Å². The zero-order valence-electron chi connectivity index (χ0n) is 19.9. The number of para-hydroxylation sites is 1. The van der Waals surface area contributed by atoms with Crippen LogP contribution in [0.5, 0.6) is 0 Å². The van der Waals surface area contributed by atoms with E-state index in [1.54, 1.807) is 0 Å². The van der Waals surface area contributed by atoms with E-state index in [1.165, 1.54) is 24.3 Å². The van der Waals surface area contributed by atoms with Crippen LogP contribution < -0.4 is 4.90 Å². The summed E-state index contributed by atoms with van der Waals surface area (Å²) in [6, 6.07) is 23.8. The highest BCUT2D eigenvalue weighted by Gasteiger charge is 2.30. The highest BCUT2D eigenvalue weighted by molar-refractivity contribution is 5.95. The van der Waals surface area contributed by atoms with Gasteiger partial charge in [0.25, 0.3) is 5.91 Å². The van der Waals surface area contributed by atoms with Crippen LogP contribution in [0.2, 0.25) is 0 Å². The predicted octanol–water partition coefficient (Wildman–Crippen LogP) is 4.36. The minimum atomic E-state index is -0.351. The number of halogens is 1. The second-order valence-electron chi connectivity index (χ2n) is 9.17. The first-order valence-electron chi connectivity index (χ1n) is 12.1. The number of carbonyl (C=O) groups excluding carboxylic acids is 1. The summed E-state index contributed by atoms with van der Waals surface area (Å²) in [5, 5.41) is 10.1. The van der Waals surface area contributed by atoms with E-state index in [0.717, 1.165) is 33.9 Å². The van der Waals surface area contributed by atoms with Gasteiger partial charge in [-0.1, -0.05) is 42.5 Å². The lowest BCUT2D eigenvalue weighted by atomic mass is 10.1. The number of rotatable bonds is 4. The molecule has 0 saturated carbocycles. The van der Waals surface area contributed by atoms with Crippen LogP contribution in [0.3, 0.4) is 0 Å². The molecule has 0 unspecified atom stereocenters. The van der Waals surface area contributed by atoms with Gasteiger partial charge in [-0.2, -0.15) is 0 Å². The van der Waals surface area contributed by atoms with Crippen molar-refractivity contribution in [2.45, 2.75) is 19.4 Å². The van der Waals surface area contributed by atoms with Gasteiger partial charge < -0.3 is 9.80 Å². The van der Waals surface area contributed by atoms with E-state index in [-0.39, 0.29) is 17.8 Å². The SMILES string of the molecule is C[C@H]1CN(c2nc3ccccc3c3nnc(Cc4ccccc4)n23)CCN1C(=O)c1ccc(F)cc1. The van der Waals surface area contributed by atoms with E-state index in [1.807, 2.05) is 54.3 Å². The Morgan fingerprint density at radius 1 is 0.944 bits per heavy atom. The average Bonchev–Trinajstić information content (AvgIpc) is 3.33. The number of aromatic nitrogens is 4. The Morgan fingerprint density at radius 3 is 2.47 bits per heavy atom. The van der Waals surface area contributed by atoms with Gasteiger partial charge in [-0.15, -0.1) is 10.2 Å². The van der Waals surface area contributed by atoms with E-state index in [2.05, 4.69) is 31.6 Å². The number of hydrogen-bond acceptors (Lipinski definition) is 5. The van der Waals surface area contributed by atoms with Crippen LogP contribution in [0.25, 0.3) is 16.6 Å². The van der Waals surface area contributed by atoms with E-state index in [0.29, 0.717) is 31.6 Å². The van der Waals surface area contributed by atoms with Gasteiger partial charge in [0.1, 0.15) is 11.6 Å². The molecule has 1 atom stereocenters. The Balaban J connectivity index is 1.36. The summed E-state index contributed by atoms with van der Waals surface area (Å²) in [6.07, 6.45) is 0.633. The molecular formula is C28H25FN6O. The number of anilines is 1. The van der Waals surface area contributed by atoms with Crippen molar-refractivity contribution in [2.24, 2.45) is 0 Å². The van der Waals surface area contributed by atoms with Crippen molar-refractivity contribution in [3.8, 4) is 0 Å². The maximum Gasteiger partial charge on any atom is 0.254 e. The van der Waals surface area contributed by atoms with Crippen molar-refractivity contribution in [1.82, 2.24) is 24.5 Å². The summed E-state index contributed by atoms with van der Waals surface area (Å²) < 4.78 is 15.4. The molecule has 0 bridgehead atoms. The van der Waals surface area contributed by atoms with Crippen LogP contribution >= 0.6 is 0 Å². The highest BCUT2D eigenvalue weighted by atomic mass is 19.1. The van der Waals surface area contributed by atoms with Crippen molar-refractivity contribution in [3.63, 3.8) is 0 Å². The molecule has 1 saturated heterocycles. The Kier molecular flexibility index (Phi) is 5.56. The summed E-state index contributed by atoms with van der Waals surface area (Å²) in [5.74, 6) is 1.16. The smallest absolute Gasteiger partial charge is 0.254 e. The Bertz CT molecular complexity index is 1550. The minimum Gasteiger partial charge on any atom is -0.338 e. The molecule has 5 aromatic rings. The quantitative estimate of drug-likeness (QED) is 0.383. The largest absolute Gasteiger partial charge is 0.338 e. The fraction of sp³-hybridized carbons (Fsp3) is 0.214. The molecule has 8 heteroatoms. The Hall–Kier alpha value is -4.33. The van der Waals surface area contributed by atoms with Gasteiger partial charge >= 0.3 is 0 Å². The molecule has 36 heavy (non-hydrogen) atoms. The highest BCUT2D eigenvalue weighted by Crippen LogP contribution is 2.27. The number of amides is 1. The number of hydrogen-bond donors (Lipinski definition) is 0. The van der Waals surface area contributed by atoms with Gasteiger partial charge in [0.2, 0.25) is 5.95 Å². The molecule has 1 aliphatic heterocycles. The first-order chi connectivity index (χ1) is 17.6. The molecule has 6 rings (SSSR count). The number of fused-ring (bicyclic) bond motifs is 3. The first kappa shape index (κ1) is 22.2. The number of nitrogens with zero attached hydrogens (tertiary/aromatic N) is 6. The van der Waals surface area contributed by atoms with Crippen LogP contribution in [0.4, 0.5) is 10.3 Å². The first-order valence-corrected chi connectivity index (χ1v) is 12.1. The second-order valence-corrected chi connectivity index (χ2v) is 9.17. The molecule has 3 aromatic carbocycles. The lowest BCUT2D eigenvalue weighted by Crippen LogP contribution is -2.54. The van der Waals surface area contributed by atoms with Gasteiger partial charge in [-0.3, -0.25) is 4.79 Å². The summed E-state index contributed by atoms with van der Waals surface area (Å²) >= 11 is 0. The third-order valence-corrected chi connectivity index (χ3v) is 6.76. The molecule has 0 radical (unpaired) electrons. The van der Waals surface area contributed by atoms with Crippen molar-refractivity contribution in [3.05, 3.63) is 102 Å². The van der Waals surface area contributed by atoms with Gasteiger partial charge in [-0.05, 0) is 48.9 Å². The van der Waals surface area contributed by atoms with Crippen LogP contribution in [0.15, 0.2) is 78.9 Å². The van der Waals surface area contributed by atoms with Gasteiger partial charge in [0.05, 0.1) is 5.52 Å². The summed E-state index contributed by atoms with van der Waals surface area (Å²) in [7, 11) is 0. The second kappa shape index (κ2) is 9.03. The monoisotopic (exact) mass is 480 g/mol. The molecule has 1 fully saturated rings. The number of benzene rings is 3. The van der Waals surface area contributed by atoms with Gasteiger partial charge in [0, 0.05) is 43.0 Å². The fourth-order valence-electron chi connectivity index (χ4n) is 4.92. The Morgan fingerprint density at radius 2 is 1.69 bits per heavy atom. The minimum absolute atomic E-state index is 0.0614. The van der Waals surface area contributed by atoms with Crippen LogP contribution in [0.1, 0.15) is 28.7 Å². The van der Waals surface area contributed by atoms with E-state index < -0.39 is 0 Å². The van der Waals surface area contributed by atoms with Crippen LogP contribution in [-0.4, -0.2) is 56.1 Å². The fourth-order valence-corrected chi connectivity index (χ4v) is 4.92. The molecular weight excluding hydrogens is 455 g/mol. The third-order valence-electron chi connectivity index (χ3n) is 6.76. The molecule has 1 amide bonds. The van der Waals surface area contributed by atoms with E-state index in [9.17, 15) is 9.18 Å². The van der Waals surface area contributed by atoms with E-state index in [4.69, 9.17) is 4.98 Å². The molecule has 0 aliphatic carbocycles. The lowest BCUT2D eigenvalue weighted by Gasteiger charge is -2.40. The molecule has 7 nitrogen and oxygen atoms in total. The maximum absolute atomic E-state index is 13.3. The zero-order chi connectivity index (χ0) is 24.6. The van der Waals surface area contributed by atoms with Crippen molar-refractivity contribution in [1.29, 1.82) is 0 Å². The zero-order valence-corrected chi connectivity index (χ0v) is 19.9. The average molecular weight is 481 g/mol. The maximum atomic E-state index is 13.3. The molecule has 0 N–H and O–H groups in total. The van der Waals surface area contributed by atoms with Crippen LogP contribution in [0, 0.1) is 5.82 Å². The van der Waals surface area contributed by atoms with E-state index >= 15 is 0 Å². The standard InChI is InChI=1S/C28H25FN6O/c1-19-18-33(15-16-34(19)27(36)21-11-13-22(29)14-12-21)28-30-24-10-6-5-9-23(24)26-32-31-25(35(26)28)17-20-7-3-2-4-8-20/h2-14,19H,15-18H2,1H3/t19-/m0/s1. The molecule has 1 aliphatic rings. The summed E-state index contributed by atoms with van der Waals surface area (Å²) in [4.78, 5) is 22.2. The molecule has 3 heterocycles. The predicted molar refractivity (Wildman–Crippen MR) is 137 cm³/mol. The van der Waals surface area contributed by atoms with Crippen LogP contribution in [-0.2, 0) is 6.42 Å². The normalized spacial score (nSPS) is 16.1. The number of carbonyl (C=O) groups is 1. The topological polar surface area (TPSA) is 66.6 Å². The summed E-state index contributed by atoms with van der Waals surface area (Å²) in [6.45, 7) is 3.78. The third kappa shape index (κ3) is 3.94. The number of piperazine rings is 1. The Labute approximate surface area is 207 Å². The van der Waals surface area contributed by atoms with Crippen molar-refractivity contribution >= 4 is 28.4 Å².